The van der Waals surface area contributed by atoms with Gasteiger partial charge in [0, 0.05) is 27.1 Å². The predicted octanol–water partition coefficient (Wildman–Crippen LogP) is 11.6. The molecule has 0 saturated heterocycles. The number of pyridine rings is 1. The number of hydrogen-bond acceptors (Lipinski definition) is 6. The molecule has 0 unspecified atom stereocenters. The summed E-state index contributed by atoms with van der Waals surface area (Å²) in [5, 5.41) is 52.7. The zero-order chi connectivity index (χ0) is 40.9. The largest absolute Gasteiger partial charge is 0.307 e. The van der Waals surface area contributed by atoms with Gasteiger partial charge in [0.05, 0.1) is 104 Å². The van der Waals surface area contributed by atoms with Gasteiger partial charge in [-0.15, -0.1) is 0 Å². The third kappa shape index (κ3) is 5.61. The van der Waals surface area contributed by atoms with Crippen LogP contribution in [0.4, 0.5) is 0 Å². The summed E-state index contributed by atoms with van der Waals surface area (Å²) >= 11 is 0. The van der Waals surface area contributed by atoms with Crippen LogP contribution in [0.1, 0.15) is 27.8 Å². The van der Waals surface area contributed by atoms with Crippen LogP contribution < -0.4 is 0 Å². The molecule has 0 saturated carbocycles. The molecule has 0 aliphatic rings. The van der Waals surface area contributed by atoms with Crippen LogP contribution in [0.5, 0.6) is 0 Å². The maximum absolute atomic E-state index is 9.78. The highest BCUT2D eigenvalue weighted by molar-refractivity contribution is 6.13. The molecule has 0 atom stereocenters. The van der Waals surface area contributed by atoms with Gasteiger partial charge >= 0.3 is 0 Å². The minimum Gasteiger partial charge on any atom is -0.307 e. The van der Waals surface area contributed by atoms with Crippen LogP contribution >= 0.6 is 0 Å². The second-order valence-corrected chi connectivity index (χ2v) is 14.5. The van der Waals surface area contributed by atoms with Crippen molar-refractivity contribution in [3.05, 3.63) is 186 Å². The lowest BCUT2D eigenvalue weighted by molar-refractivity contribution is 1.09. The van der Waals surface area contributed by atoms with Crippen molar-refractivity contribution in [2.24, 2.45) is 0 Å². The van der Waals surface area contributed by atoms with E-state index in [-0.39, 0.29) is 0 Å². The summed E-state index contributed by atoms with van der Waals surface area (Å²) in [7, 11) is 0. The fraction of sp³-hybridized carbons (Fsp3) is 0. The van der Waals surface area contributed by atoms with Crippen molar-refractivity contribution in [3.8, 4) is 75.1 Å². The predicted molar refractivity (Wildman–Crippen MR) is 233 cm³/mol. The summed E-state index contributed by atoms with van der Waals surface area (Å²) in [6.45, 7) is 0. The highest BCUT2D eigenvalue weighted by atomic mass is 15.0. The van der Waals surface area contributed by atoms with Gasteiger partial charge in [0.1, 0.15) is 0 Å². The van der Waals surface area contributed by atoms with Gasteiger partial charge in [0.15, 0.2) is 0 Å². The average molecular weight is 763 g/mol. The van der Waals surface area contributed by atoms with Gasteiger partial charge in [-0.3, -0.25) is 4.98 Å². The van der Waals surface area contributed by atoms with Crippen molar-refractivity contribution in [3.63, 3.8) is 0 Å². The molecule has 274 valence electrons. The molecule has 3 aromatic heterocycles. The highest BCUT2D eigenvalue weighted by Gasteiger charge is 2.23. The molecule has 0 amide bonds. The number of nitrogens with zero attached hydrogens (tertiary/aromatic N) is 8. The number of aromatic nitrogens is 3. The Morgan fingerprint density at radius 3 is 1.13 bits per heavy atom. The van der Waals surface area contributed by atoms with E-state index in [4.69, 9.17) is 4.98 Å². The Morgan fingerprint density at radius 2 is 0.717 bits per heavy atom. The Bertz CT molecular complexity index is 3390. The Morgan fingerprint density at radius 1 is 0.333 bits per heavy atom. The second-order valence-electron chi connectivity index (χ2n) is 14.5. The third-order valence-corrected chi connectivity index (χ3v) is 11.1. The van der Waals surface area contributed by atoms with Gasteiger partial charge in [-0.05, 0) is 113 Å². The molecule has 60 heavy (non-hydrogen) atoms. The summed E-state index contributed by atoms with van der Waals surface area (Å²) in [5.41, 5.74) is 12.8. The first-order valence-corrected chi connectivity index (χ1v) is 19.0. The van der Waals surface area contributed by atoms with Gasteiger partial charge < -0.3 is 9.13 Å². The van der Waals surface area contributed by atoms with Gasteiger partial charge in [-0.1, -0.05) is 60.7 Å². The van der Waals surface area contributed by atoms with Crippen molar-refractivity contribution in [1.29, 1.82) is 26.3 Å². The van der Waals surface area contributed by atoms with Crippen LogP contribution in [-0.2, 0) is 0 Å². The first kappa shape index (κ1) is 35.2. The first-order valence-electron chi connectivity index (χ1n) is 19.0. The van der Waals surface area contributed by atoms with Gasteiger partial charge in [-0.2, -0.15) is 26.3 Å². The third-order valence-electron chi connectivity index (χ3n) is 11.1. The molecule has 0 fully saturated rings. The van der Waals surface area contributed by atoms with Crippen molar-refractivity contribution < 1.29 is 0 Å². The lowest BCUT2D eigenvalue weighted by Crippen LogP contribution is -2.05. The fourth-order valence-corrected chi connectivity index (χ4v) is 8.46. The normalized spacial score (nSPS) is 10.9. The molecule has 3 heterocycles. The van der Waals surface area contributed by atoms with Gasteiger partial charge in [0.25, 0.3) is 0 Å². The van der Waals surface area contributed by atoms with Gasteiger partial charge in [0.2, 0.25) is 0 Å². The van der Waals surface area contributed by atoms with E-state index in [1.165, 1.54) is 0 Å². The highest BCUT2D eigenvalue weighted by Crippen LogP contribution is 2.43. The van der Waals surface area contributed by atoms with E-state index in [1.54, 1.807) is 36.4 Å². The summed E-state index contributed by atoms with van der Waals surface area (Å²) in [6.07, 6.45) is 3.76. The van der Waals surface area contributed by atoms with Crippen LogP contribution in [0.2, 0.25) is 0 Å². The lowest BCUT2D eigenvalue weighted by atomic mass is 9.98. The summed E-state index contributed by atoms with van der Waals surface area (Å²) < 4.78 is 4.46. The monoisotopic (exact) mass is 762 g/mol. The molecular weight excluding hydrogens is 737 g/mol. The SMILES string of the molecule is N#Cc1ccc(-c2c(-n3c4ccccc4c4cc(-c5cc(C#N)cc(C#N)c5)ccc43)cncc2-n2c3ccccc3c3cc(-c4cc(C#N)cc(C#N)c4)ccc32)cc1. The van der Waals surface area contributed by atoms with Crippen molar-refractivity contribution in [2.45, 2.75) is 0 Å². The molecule has 0 aliphatic heterocycles. The van der Waals surface area contributed by atoms with E-state index >= 15 is 0 Å². The quantitative estimate of drug-likeness (QED) is 0.171. The number of rotatable bonds is 5. The summed E-state index contributed by atoms with van der Waals surface area (Å²) in [5.74, 6) is 0. The van der Waals surface area contributed by atoms with Crippen LogP contribution in [0, 0.1) is 56.7 Å². The number of nitriles is 5. The van der Waals surface area contributed by atoms with Crippen LogP contribution in [-0.4, -0.2) is 14.1 Å². The smallest absolute Gasteiger partial charge is 0.0992 e. The number of hydrogen-bond donors (Lipinski definition) is 0. The molecule has 10 aromatic rings. The van der Waals surface area contributed by atoms with Crippen molar-refractivity contribution in [2.75, 3.05) is 0 Å². The van der Waals surface area contributed by atoms with E-state index in [1.807, 2.05) is 73.1 Å². The van der Waals surface area contributed by atoms with Crippen molar-refractivity contribution in [1.82, 2.24) is 14.1 Å². The number of fused-ring (bicyclic) bond motifs is 6. The Labute approximate surface area is 343 Å². The minimum absolute atomic E-state index is 0.421. The van der Waals surface area contributed by atoms with Crippen LogP contribution in [0.3, 0.4) is 0 Å². The molecule has 8 nitrogen and oxygen atoms in total. The van der Waals surface area contributed by atoms with E-state index in [2.05, 4.69) is 88.0 Å². The number of para-hydroxylation sites is 2. The molecule has 10 rings (SSSR count). The molecule has 8 heteroatoms. The zero-order valence-corrected chi connectivity index (χ0v) is 31.6. The molecular formula is C52H26N8. The Balaban J connectivity index is 1.26. The van der Waals surface area contributed by atoms with E-state index in [0.717, 1.165) is 88.4 Å². The molecule has 0 N–H and O–H groups in total. The first-order chi connectivity index (χ1) is 29.5. The van der Waals surface area contributed by atoms with Crippen LogP contribution in [0.25, 0.3) is 88.4 Å². The van der Waals surface area contributed by atoms with Crippen molar-refractivity contribution >= 4 is 43.6 Å². The second kappa shape index (κ2) is 14.0. The zero-order valence-electron chi connectivity index (χ0n) is 31.6. The van der Waals surface area contributed by atoms with Gasteiger partial charge in [-0.25, -0.2) is 0 Å². The Kier molecular flexibility index (Phi) is 8.23. The summed E-state index contributed by atoms with van der Waals surface area (Å²) in [4.78, 5) is 4.93. The average Bonchev–Trinajstić information content (AvgIpc) is 3.83. The van der Waals surface area contributed by atoms with E-state index < -0.39 is 0 Å². The molecule has 7 aromatic carbocycles. The Hall–Kier alpha value is -9.26. The summed E-state index contributed by atoms with van der Waals surface area (Å²) in [6, 6.07) is 57.9. The van der Waals surface area contributed by atoms with E-state index in [0.29, 0.717) is 27.8 Å². The number of benzene rings is 7. The standard InChI is InChI=1S/C52H26N8/c53-25-32-9-11-37(12-10-32)52-50(59-46-7-3-1-5-42(46)44-23-38(13-15-48(44)59)40-19-33(26-54)17-34(20-40)27-55)30-58-31-51(52)60-47-8-4-2-6-43(47)45-24-39(14-16-49(45)60)41-21-35(28-56)18-36(22-41)29-57/h1-24,30-31H. The fourth-order valence-electron chi connectivity index (χ4n) is 8.46. The maximum atomic E-state index is 9.78. The molecule has 0 bridgehead atoms. The topological polar surface area (TPSA) is 142 Å². The maximum Gasteiger partial charge on any atom is 0.0992 e. The minimum atomic E-state index is 0.421. The molecule has 0 radical (unpaired) electrons. The lowest BCUT2D eigenvalue weighted by Gasteiger charge is -2.19. The van der Waals surface area contributed by atoms with Crippen LogP contribution in [0.15, 0.2) is 158 Å². The molecule has 0 spiro atoms. The van der Waals surface area contributed by atoms with E-state index in [9.17, 15) is 26.3 Å². The molecule has 0 aliphatic carbocycles.